The molecule has 1 N–H and O–H groups in total. The van der Waals surface area contributed by atoms with Gasteiger partial charge in [0.1, 0.15) is 12.4 Å². The summed E-state index contributed by atoms with van der Waals surface area (Å²) in [7, 11) is 0. The first-order valence-corrected chi connectivity index (χ1v) is 9.99. The van der Waals surface area contributed by atoms with E-state index in [4.69, 9.17) is 44.9 Å². The molecule has 9 heteroatoms. The first kappa shape index (κ1) is 21.1. The Morgan fingerprint density at radius 3 is 2.23 bits per heavy atom. The van der Waals surface area contributed by atoms with Gasteiger partial charge in [0, 0.05) is 12.6 Å². The van der Waals surface area contributed by atoms with Crippen molar-refractivity contribution in [2.75, 3.05) is 6.61 Å². The van der Waals surface area contributed by atoms with Crippen LogP contribution in [0.25, 0.3) is 0 Å². The average Bonchev–Trinajstić information content (AvgIpc) is 2.96. The molecule has 6 nitrogen and oxygen atoms in total. The van der Waals surface area contributed by atoms with Gasteiger partial charge in [-0.2, -0.15) is 0 Å². The summed E-state index contributed by atoms with van der Waals surface area (Å²) in [5, 5.41) is 17.3. The van der Waals surface area contributed by atoms with Gasteiger partial charge in [0.05, 0.1) is 21.6 Å². The lowest BCUT2D eigenvalue weighted by Gasteiger charge is -2.09. The summed E-state index contributed by atoms with van der Waals surface area (Å²) in [6.07, 6.45) is 7.20. The van der Waals surface area contributed by atoms with Crippen LogP contribution in [0.4, 0.5) is 0 Å². The minimum atomic E-state index is 0.266. The molecular weight excluding hydrogens is 397 g/mol. The number of tetrazole rings is 1. The fraction of sp³-hybridized carbons (Fsp3) is 0.588. The Bertz CT molecular complexity index is 759. The highest BCUT2D eigenvalue weighted by Gasteiger charge is 2.08. The lowest BCUT2D eigenvalue weighted by molar-refractivity contribution is 0.286. The predicted octanol–water partition coefficient (Wildman–Crippen LogP) is 4.96. The number of hydrogen-bond donors (Lipinski definition) is 1. The SMILES string of the molecule is CCCCCCCCn1nnn(CCOc2cc(Cl)c(Cl)cc2Cl)c1=N. The van der Waals surface area contributed by atoms with Gasteiger partial charge in [0.2, 0.25) is 5.62 Å². The van der Waals surface area contributed by atoms with E-state index in [-0.39, 0.29) is 5.62 Å². The number of aryl methyl sites for hydroxylation is 1. The van der Waals surface area contributed by atoms with Crippen LogP contribution in [0, 0.1) is 5.41 Å². The molecule has 0 atom stereocenters. The van der Waals surface area contributed by atoms with Crippen LogP contribution < -0.4 is 10.4 Å². The molecular formula is C17H24Cl3N5O. The second-order valence-corrected chi connectivity index (χ2v) is 7.28. The number of nitrogens with one attached hydrogen (secondary N) is 1. The van der Waals surface area contributed by atoms with Gasteiger partial charge in [0.25, 0.3) is 0 Å². The van der Waals surface area contributed by atoms with Crippen LogP contribution in [-0.4, -0.2) is 26.4 Å². The summed E-state index contributed by atoms with van der Waals surface area (Å²) in [6.45, 7) is 3.61. The second-order valence-electron chi connectivity index (χ2n) is 6.06. The van der Waals surface area contributed by atoms with E-state index in [0.717, 1.165) is 12.8 Å². The van der Waals surface area contributed by atoms with Crippen LogP contribution in [0.5, 0.6) is 5.75 Å². The topological polar surface area (TPSA) is 68.7 Å². The Morgan fingerprint density at radius 2 is 1.50 bits per heavy atom. The van der Waals surface area contributed by atoms with Gasteiger partial charge in [-0.1, -0.05) is 73.8 Å². The van der Waals surface area contributed by atoms with Crippen molar-refractivity contribution in [1.29, 1.82) is 5.41 Å². The zero-order valence-corrected chi connectivity index (χ0v) is 17.1. The van der Waals surface area contributed by atoms with Crippen LogP contribution >= 0.6 is 34.8 Å². The highest BCUT2D eigenvalue weighted by molar-refractivity contribution is 6.43. The summed E-state index contributed by atoms with van der Waals surface area (Å²) in [6, 6.07) is 3.12. The molecule has 0 radical (unpaired) electrons. The van der Waals surface area contributed by atoms with Gasteiger partial charge in [-0.25, -0.2) is 9.36 Å². The van der Waals surface area contributed by atoms with Gasteiger partial charge in [-0.3, -0.25) is 5.41 Å². The van der Waals surface area contributed by atoms with Crippen LogP contribution in [-0.2, 0) is 13.1 Å². The van der Waals surface area contributed by atoms with Gasteiger partial charge in [-0.15, -0.1) is 0 Å². The smallest absolute Gasteiger partial charge is 0.238 e. The van der Waals surface area contributed by atoms with Crippen molar-refractivity contribution in [2.45, 2.75) is 58.5 Å². The monoisotopic (exact) mass is 419 g/mol. The lowest BCUT2D eigenvalue weighted by Crippen LogP contribution is -2.27. The van der Waals surface area contributed by atoms with Gasteiger partial charge >= 0.3 is 0 Å². The summed E-state index contributed by atoms with van der Waals surface area (Å²) in [4.78, 5) is 0. The van der Waals surface area contributed by atoms with Crippen molar-refractivity contribution in [1.82, 2.24) is 19.8 Å². The molecule has 0 unspecified atom stereocenters. The highest BCUT2D eigenvalue weighted by atomic mass is 35.5. The maximum Gasteiger partial charge on any atom is 0.238 e. The summed E-state index contributed by atoms with van der Waals surface area (Å²) in [5.74, 6) is 0.452. The molecule has 0 aliphatic carbocycles. The molecule has 0 amide bonds. The molecule has 0 spiro atoms. The third-order valence-corrected chi connectivity index (χ3v) is 5.02. The van der Waals surface area contributed by atoms with E-state index in [9.17, 15) is 0 Å². The minimum absolute atomic E-state index is 0.266. The maximum atomic E-state index is 8.14. The van der Waals surface area contributed by atoms with Crippen molar-refractivity contribution in [3.8, 4) is 5.75 Å². The largest absolute Gasteiger partial charge is 0.490 e. The Labute approximate surface area is 168 Å². The first-order chi connectivity index (χ1) is 12.5. The van der Waals surface area contributed by atoms with E-state index < -0.39 is 0 Å². The van der Waals surface area contributed by atoms with Crippen molar-refractivity contribution in [2.24, 2.45) is 0 Å². The molecule has 1 aromatic heterocycles. The van der Waals surface area contributed by atoms with E-state index >= 15 is 0 Å². The molecule has 0 saturated carbocycles. The molecule has 2 aromatic rings. The molecule has 1 aromatic carbocycles. The molecule has 0 bridgehead atoms. The summed E-state index contributed by atoms with van der Waals surface area (Å²) >= 11 is 17.9. The van der Waals surface area contributed by atoms with E-state index in [0.29, 0.717) is 40.5 Å². The second kappa shape index (κ2) is 10.8. The number of ether oxygens (including phenoxy) is 1. The fourth-order valence-electron chi connectivity index (χ4n) is 2.51. The molecule has 0 aliphatic heterocycles. The molecule has 0 saturated heterocycles. The standard InChI is InChI=1S/C17H24Cl3N5O/c1-2-3-4-5-6-7-8-24-17(21)25(23-22-24)9-10-26-16-12-14(19)13(18)11-15(16)20/h11-12,21H,2-10H2,1H3. The number of rotatable bonds is 11. The average molecular weight is 421 g/mol. The van der Waals surface area contributed by atoms with Crippen LogP contribution in [0.1, 0.15) is 45.4 Å². The number of benzene rings is 1. The highest BCUT2D eigenvalue weighted by Crippen LogP contribution is 2.33. The normalized spacial score (nSPS) is 11.1. The van der Waals surface area contributed by atoms with Crippen molar-refractivity contribution < 1.29 is 4.74 Å². The van der Waals surface area contributed by atoms with Gasteiger partial charge in [-0.05, 0) is 22.9 Å². The number of hydrogen-bond acceptors (Lipinski definition) is 4. The Balaban J connectivity index is 1.79. The number of unbranched alkanes of at least 4 members (excludes halogenated alkanes) is 5. The quantitative estimate of drug-likeness (QED) is 0.412. The fourth-order valence-corrected chi connectivity index (χ4v) is 3.11. The van der Waals surface area contributed by atoms with Crippen LogP contribution in [0.2, 0.25) is 15.1 Å². The van der Waals surface area contributed by atoms with Crippen molar-refractivity contribution in [3.63, 3.8) is 0 Å². The molecule has 0 aliphatic rings. The van der Waals surface area contributed by atoms with Crippen LogP contribution in [0.3, 0.4) is 0 Å². The Hall–Kier alpha value is -1.24. The molecule has 2 rings (SSSR count). The summed E-state index contributed by atoms with van der Waals surface area (Å²) < 4.78 is 8.74. The maximum absolute atomic E-state index is 8.14. The minimum Gasteiger partial charge on any atom is -0.490 e. The number of aromatic nitrogens is 4. The predicted molar refractivity (Wildman–Crippen MR) is 104 cm³/mol. The first-order valence-electron chi connectivity index (χ1n) is 8.85. The third kappa shape index (κ3) is 6.18. The Morgan fingerprint density at radius 1 is 0.885 bits per heavy atom. The zero-order chi connectivity index (χ0) is 18.9. The van der Waals surface area contributed by atoms with Crippen LogP contribution in [0.15, 0.2) is 12.1 Å². The number of nitrogens with zero attached hydrogens (tertiary/aromatic N) is 4. The van der Waals surface area contributed by atoms with Gasteiger partial charge < -0.3 is 4.74 Å². The zero-order valence-electron chi connectivity index (χ0n) is 14.8. The Kier molecular flexibility index (Phi) is 8.75. The van der Waals surface area contributed by atoms with Gasteiger partial charge in [0.15, 0.2) is 0 Å². The molecule has 144 valence electrons. The lowest BCUT2D eigenvalue weighted by atomic mass is 10.1. The van der Waals surface area contributed by atoms with Crippen molar-refractivity contribution in [3.05, 3.63) is 32.8 Å². The molecule has 26 heavy (non-hydrogen) atoms. The van der Waals surface area contributed by atoms with E-state index in [1.165, 1.54) is 30.4 Å². The van der Waals surface area contributed by atoms with E-state index in [2.05, 4.69) is 17.4 Å². The van der Waals surface area contributed by atoms with E-state index in [1.54, 1.807) is 16.8 Å². The third-order valence-electron chi connectivity index (χ3n) is 4.00. The van der Waals surface area contributed by atoms with Crippen molar-refractivity contribution >= 4 is 34.8 Å². The molecule has 1 heterocycles. The number of halogens is 3. The van der Waals surface area contributed by atoms with E-state index in [1.807, 2.05) is 0 Å². The summed E-state index contributed by atoms with van der Waals surface area (Å²) in [5.41, 5.74) is 0.266. The molecule has 0 fully saturated rings.